The van der Waals surface area contributed by atoms with E-state index in [9.17, 15) is 0 Å². The van der Waals surface area contributed by atoms with Crippen LogP contribution in [0.1, 0.15) is 17.2 Å². The van der Waals surface area contributed by atoms with Crippen LogP contribution in [0.4, 0.5) is 0 Å². The highest BCUT2D eigenvalue weighted by Gasteiger charge is 2.16. The molecule has 0 bridgehead atoms. The Labute approximate surface area is 119 Å². The van der Waals surface area contributed by atoms with Crippen molar-refractivity contribution in [1.82, 2.24) is 5.32 Å². The predicted molar refractivity (Wildman–Crippen MR) is 80.0 cm³/mol. The maximum absolute atomic E-state index is 3.58. The van der Waals surface area contributed by atoms with Crippen LogP contribution in [0.3, 0.4) is 0 Å². The number of thiophene rings is 2. The molecule has 15 heavy (non-hydrogen) atoms. The Kier molecular flexibility index (Phi) is 4.23. The lowest BCUT2D eigenvalue weighted by atomic mass is 10.1. The zero-order valence-corrected chi connectivity index (χ0v) is 13.3. The highest BCUT2D eigenvalue weighted by atomic mass is 127. The molecule has 0 aliphatic carbocycles. The highest BCUT2D eigenvalue weighted by Crippen LogP contribution is 2.33. The smallest absolute Gasteiger partial charge is 0.0656 e. The molecule has 0 saturated heterocycles. The molecule has 2 rings (SSSR count). The van der Waals surface area contributed by atoms with Crippen molar-refractivity contribution in [3.8, 4) is 0 Å². The fourth-order valence-electron chi connectivity index (χ4n) is 1.47. The van der Waals surface area contributed by atoms with Crippen molar-refractivity contribution in [1.29, 1.82) is 0 Å². The van der Waals surface area contributed by atoms with Crippen molar-refractivity contribution in [3.05, 3.63) is 40.7 Å². The van der Waals surface area contributed by atoms with Gasteiger partial charge in [0.15, 0.2) is 0 Å². The number of hydrogen-bond donors (Lipinski definition) is 1. The third-order valence-electron chi connectivity index (χ3n) is 2.16. The quantitative estimate of drug-likeness (QED) is 0.731. The average molecular weight is 414 g/mol. The van der Waals surface area contributed by atoms with E-state index >= 15 is 0 Å². The standard InChI is InChI=1S/C10H9BrINS2/c1-13-10(6-2-9(12)15-3-6)7-4-14-5-8(7)11/h2-5,10,13H,1H3. The largest absolute Gasteiger partial charge is 0.309 e. The summed E-state index contributed by atoms with van der Waals surface area (Å²) in [4.78, 5) is 0. The van der Waals surface area contributed by atoms with E-state index < -0.39 is 0 Å². The molecule has 0 aliphatic heterocycles. The van der Waals surface area contributed by atoms with E-state index in [1.807, 2.05) is 7.05 Å². The normalized spacial score (nSPS) is 13.0. The number of halogens is 2. The minimum absolute atomic E-state index is 0.297. The van der Waals surface area contributed by atoms with Gasteiger partial charge in [0.25, 0.3) is 0 Å². The van der Waals surface area contributed by atoms with Gasteiger partial charge in [-0.15, -0.1) is 11.3 Å². The minimum atomic E-state index is 0.297. The van der Waals surface area contributed by atoms with Crippen molar-refractivity contribution in [2.45, 2.75) is 6.04 Å². The molecule has 0 aromatic carbocycles. The van der Waals surface area contributed by atoms with Crippen LogP contribution in [0.2, 0.25) is 0 Å². The van der Waals surface area contributed by atoms with Gasteiger partial charge >= 0.3 is 0 Å². The molecule has 1 unspecified atom stereocenters. The fourth-order valence-corrected chi connectivity index (χ4v) is 4.42. The summed E-state index contributed by atoms with van der Waals surface area (Å²) in [5.41, 5.74) is 2.66. The zero-order chi connectivity index (χ0) is 10.8. The van der Waals surface area contributed by atoms with E-state index in [0.29, 0.717) is 6.04 Å². The van der Waals surface area contributed by atoms with Gasteiger partial charge in [-0.25, -0.2) is 0 Å². The lowest BCUT2D eigenvalue weighted by Gasteiger charge is -2.14. The van der Waals surface area contributed by atoms with Crippen LogP contribution in [0.25, 0.3) is 0 Å². The molecule has 5 heteroatoms. The van der Waals surface area contributed by atoms with Crippen LogP contribution in [0.15, 0.2) is 26.7 Å². The topological polar surface area (TPSA) is 12.0 Å². The Bertz CT molecular complexity index is 452. The first-order valence-electron chi connectivity index (χ1n) is 4.35. The molecule has 1 nitrogen and oxygen atoms in total. The van der Waals surface area contributed by atoms with Gasteiger partial charge in [0.1, 0.15) is 0 Å². The second-order valence-electron chi connectivity index (χ2n) is 3.08. The second-order valence-corrected chi connectivity index (χ2v) is 7.48. The molecule has 0 fully saturated rings. The summed E-state index contributed by atoms with van der Waals surface area (Å²) in [6.07, 6.45) is 0. The van der Waals surface area contributed by atoms with Crippen molar-refractivity contribution in [3.63, 3.8) is 0 Å². The Morgan fingerprint density at radius 1 is 1.40 bits per heavy atom. The monoisotopic (exact) mass is 413 g/mol. The number of rotatable bonds is 3. The molecule has 2 heterocycles. The second kappa shape index (κ2) is 5.27. The molecule has 80 valence electrons. The minimum Gasteiger partial charge on any atom is -0.309 e. The maximum atomic E-state index is 3.58. The average Bonchev–Trinajstić information content (AvgIpc) is 2.79. The molecular formula is C10H9BrINS2. The van der Waals surface area contributed by atoms with Gasteiger partial charge in [-0.2, -0.15) is 11.3 Å². The molecule has 0 aliphatic rings. The third-order valence-corrected chi connectivity index (χ3v) is 5.72. The van der Waals surface area contributed by atoms with Crippen LogP contribution in [-0.2, 0) is 0 Å². The SMILES string of the molecule is CNC(c1csc(I)c1)c1cscc1Br. The van der Waals surface area contributed by atoms with Gasteiger partial charge in [0.2, 0.25) is 0 Å². The van der Waals surface area contributed by atoms with Gasteiger partial charge in [0.05, 0.1) is 8.93 Å². The Morgan fingerprint density at radius 3 is 2.67 bits per heavy atom. The van der Waals surface area contributed by atoms with Gasteiger partial charge in [-0.05, 0) is 73.5 Å². The van der Waals surface area contributed by atoms with Gasteiger partial charge in [-0.3, -0.25) is 0 Å². The van der Waals surface area contributed by atoms with Gasteiger partial charge in [-0.1, -0.05) is 0 Å². The van der Waals surface area contributed by atoms with Crippen LogP contribution in [0, 0.1) is 2.88 Å². The molecular weight excluding hydrogens is 405 g/mol. The molecule has 2 aromatic rings. The van der Waals surface area contributed by atoms with E-state index in [1.54, 1.807) is 22.7 Å². The lowest BCUT2D eigenvalue weighted by molar-refractivity contribution is 0.694. The molecule has 0 radical (unpaired) electrons. The van der Waals surface area contributed by atoms with Crippen LogP contribution >= 0.6 is 61.2 Å². The van der Waals surface area contributed by atoms with Gasteiger partial charge in [0, 0.05) is 9.85 Å². The summed E-state index contributed by atoms with van der Waals surface area (Å²) in [5.74, 6) is 0. The summed E-state index contributed by atoms with van der Waals surface area (Å²) in [6.45, 7) is 0. The van der Waals surface area contributed by atoms with Crippen molar-refractivity contribution in [2.75, 3.05) is 7.05 Å². The number of nitrogens with one attached hydrogen (secondary N) is 1. The Balaban J connectivity index is 2.36. The molecule has 0 spiro atoms. The van der Waals surface area contributed by atoms with Gasteiger partial charge < -0.3 is 5.32 Å². The summed E-state index contributed by atoms with van der Waals surface area (Å²) in [5, 5.41) is 9.88. The first kappa shape index (κ1) is 12.0. The first-order chi connectivity index (χ1) is 7.22. The van der Waals surface area contributed by atoms with E-state index in [-0.39, 0.29) is 0 Å². The first-order valence-corrected chi connectivity index (χ1v) is 8.04. The Hall–Kier alpha value is 0.570. The molecule has 0 saturated carbocycles. The summed E-state index contributed by atoms with van der Waals surface area (Å²) < 4.78 is 2.52. The number of hydrogen-bond acceptors (Lipinski definition) is 3. The molecule has 1 atom stereocenters. The van der Waals surface area contributed by atoms with E-state index in [1.165, 1.54) is 18.5 Å². The van der Waals surface area contributed by atoms with Crippen LogP contribution < -0.4 is 5.32 Å². The van der Waals surface area contributed by atoms with E-state index in [4.69, 9.17) is 0 Å². The highest BCUT2D eigenvalue weighted by molar-refractivity contribution is 14.1. The summed E-state index contributed by atoms with van der Waals surface area (Å²) in [6, 6.07) is 2.53. The predicted octanol–water partition coefficient (Wildman–Crippen LogP) is 4.49. The molecule has 2 aromatic heterocycles. The molecule has 1 N–H and O–H groups in total. The van der Waals surface area contributed by atoms with Crippen molar-refractivity contribution in [2.24, 2.45) is 0 Å². The third kappa shape index (κ3) is 2.63. The van der Waals surface area contributed by atoms with E-state index in [0.717, 1.165) is 0 Å². The zero-order valence-electron chi connectivity index (χ0n) is 7.96. The maximum Gasteiger partial charge on any atom is 0.0656 e. The molecule has 0 amide bonds. The summed E-state index contributed by atoms with van der Waals surface area (Å²) >= 11 is 9.45. The van der Waals surface area contributed by atoms with Crippen LogP contribution in [-0.4, -0.2) is 7.05 Å². The van der Waals surface area contributed by atoms with E-state index in [2.05, 4.69) is 66.0 Å². The lowest BCUT2D eigenvalue weighted by Crippen LogP contribution is -2.16. The van der Waals surface area contributed by atoms with Crippen molar-refractivity contribution < 1.29 is 0 Å². The Morgan fingerprint density at radius 2 is 2.20 bits per heavy atom. The fraction of sp³-hybridized carbons (Fsp3) is 0.200. The van der Waals surface area contributed by atoms with Crippen molar-refractivity contribution >= 4 is 61.2 Å². The summed E-state index contributed by atoms with van der Waals surface area (Å²) in [7, 11) is 2.00. The van der Waals surface area contributed by atoms with Crippen LogP contribution in [0.5, 0.6) is 0 Å².